The van der Waals surface area contributed by atoms with Gasteiger partial charge in [0.05, 0.1) is 19.7 Å². The van der Waals surface area contributed by atoms with Gasteiger partial charge in [-0.2, -0.15) is 0 Å². The topological polar surface area (TPSA) is 49.8 Å². The minimum absolute atomic E-state index is 0.0723. The maximum absolute atomic E-state index is 12.7. The van der Waals surface area contributed by atoms with Crippen LogP contribution in [0.3, 0.4) is 0 Å². The quantitative estimate of drug-likeness (QED) is 0.816. The third-order valence-electron chi connectivity index (χ3n) is 4.24. The summed E-state index contributed by atoms with van der Waals surface area (Å²) in [5.41, 5.74) is -0.611. The van der Waals surface area contributed by atoms with Crippen LogP contribution in [-0.4, -0.2) is 41.2 Å². The molecule has 21 heavy (non-hydrogen) atoms. The number of hydrogen-bond donors (Lipinski definition) is 1. The second kappa shape index (κ2) is 5.64. The van der Waals surface area contributed by atoms with Gasteiger partial charge >= 0.3 is 0 Å². The lowest BCUT2D eigenvalue weighted by atomic mass is 9.88. The van der Waals surface area contributed by atoms with Crippen molar-refractivity contribution in [2.45, 2.75) is 31.3 Å². The molecule has 1 aliphatic heterocycles. The Hall–Kier alpha value is -1.62. The molecule has 1 saturated heterocycles. The van der Waals surface area contributed by atoms with Crippen molar-refractivity contribution in [3.8, 4) is 5.75 Å². The molecule has 1 aromatic rings. The number of likely N-dealkylation sites (tertiary alicyclic amines) is 1. The number of carbonyl (C=O) groups excluding carboxylic acids is 1. The van der Waals surface area contributed by atoms with Crippen LogP contribution in [-0.2, 0) is 4.79 Å². The van der Waals surface area contributed by atoms with Gasteiger partial charge in [-0.3, -0.25) is 4.79 Å². The van der Waals surface area contributed by atoms with Gasteiger partial charge in [-0.15, -0.1) is 0 Å². The Morgan fingerprint density at radius 1 is 1.33 bits per heavy atom. The van der Waals surface area contributed by atoms with E-state index in [2.05, 4.69) is 0 Å². The van der Waals surface area contributed by atoms with E-state index in [1.807, 2.05) is 0 Å². The number of aliphatic hydroxyl groups is 1. The number of rotatable bonds is 6. The Labute approximate surface area is 123 Å². The van der Waals surface area contributed by atoms with Crippen LogP contribution in [0.1, 0.15) is 25.7 Å². The van der Waals surface area contributed by atoms with Crippen LogP contribution in [0, 0.1) is 11.7 Å². The molecule has 1 aliphatic carbocycles. The number of amides is 1. The van der Waals surface area contributed by atoms with Gasteiger partial charge < -0.3 is 14.7 Å². The minimum Gasteiger partial charge on any atom is -0.494 e. The van der Waals surface area contributed by atoms with E-state index in [1.54, 1.807) is 17.0 Å². The van der Waals surface area contributed by atoms with E-state index in [0.29, 0.717) is 44.2 Å². The Balaban J connectivity index is 1.32. The standard InChI is InChI=1S/C16H20FNO3/c17-13-5-7-14(8-6-13)21-9-1-2-15(19)18-10-16(20,11-18)12-3-4-12/h5-8,12,20H,1-4,9-11H2. The molecular weight excluding hydrogens is 273 g/mol. The van der Waals surface area contributed by atoms with Gasteiger partial charge in [-0.25, -0.2) is 4.39 Å². The van der Waals surface area contributed by atoms with Gasteiger partial charge in [0.25, 0.3) is 0 Å². The first kappa shape index (κ1) is 14.3. The predicted molar refractivity (Wildman–Crippen MR) is 75.4 cm³/mol. The van der Waals surface area contributed by atoms with E-state index in [9.17, 15) is 14.3 Å². The van der Waals surface area contributed by atoms with Gasteiger partial charge in [-0.05, 0) is 49.4 Å². The molecule has 1 amide bonds. The van der Waals surface area contributed by atoms with Crippen LogP contribution in [0.5, 0.6) is 5.75 Å². The number of ether oxygens (including phenoxy) is 1. The summed E-state index contributed by atoms with van der Waals surface area (Å²) in [6.45, 7) is 1.39. The van der Waals surface area contributed by atoms with Crippen molar-refractivity contribution in [1.82, 2.24) is 4.90 Å². The van der Waals surface area contributed by atoms with Crippen molar-refractivity contribution in [2.24, 2.45) is 5.92 Å². The molecule has 1 saturated carbocycles. The Morgan fingerprint density at radius 3 is 2.62 bits per heavy atom. The van der Waals surface area contributed by atoms with Crippen LogP contribution in [0.4, 0.5) is 4.39 Å². The maximum atomic E-state index is 12.7. The normalized spacial score (nSPS) is 20.0. The molecule has 3 rings (SSSR count). The summed E-state index contributed by atoms with van der Waals surface area (Å²) in [7, 11) is 0. The smallest absolute Gasteiger partial charge is 0.222 e. The molecule has 0 spiro atoms. The van der Waals surface area contributed by atoms with Crippen LogP contribution in [0.15, 0.2) is 24.3 Å². The molecule has 5 heteroatoms. The van der Waals surface area contributed by atoms with E-state index in [-0.39, 0.29) is 11.7 Å². The SMILES string of the molecule is O=C(CCCOc1ccc(F)cc1)N1CC(O)(C2CC2)C1. The van der Waals surface area contributed by atoms with E-state index >= 15 is 0 Å². The summed E-state index contributed by atoms with van der Waals surface area (Å²) in [5, 5.41) is 10.2. The van der Waals surface area contributed by atoms with Gasteiger partial charge in [0.1, 0.15) is 17.2 Å². The van der Waals surface area contributed by atoms with Crippen molar-refractivity contribution in [2.75, 3.05) is 19.7 Å². The number of β-amino-alcohol motifs (C(OH)–C–C–N with tert-alkyl or cyclic N) is 1. The fourth-order valence-corrected chi connectivity index (χ4v) is 2.77. The molecule has 1 heterocycles. The fourth-order valence-electron chi connectivity index (χ4n) is 2.77. The fraction of sp³-hybridized carbons (Fsp3) is 0.562. The molecule has 0 atom stereocenters. The molecule has 2 fully saturated rings. The largest absolute Gasteiger partial charge is 0.494 e. The number of nitrogens with zero attached hydrogens (tertiary/aromatic N) is 1. The molecule has 114 valence electrons. The van der Waals surface area contributed by atoms with Gasteiger partial charge in [-0.1, -0.05) is 0 Å². The second-order valence-electron chi connectivity index (χ2n) is 6.03. The highest BCUT2D eigenvalue weighted by Gasteiger charge is 2.52. The molecule has 0 aromatic heterocycles. The minimum atomic E-state index is -0.611. The van der Waals surface area contributed by atoms with Gasteiger partial charge in [0.15, 0.2) is 0 Å². The van der Waals surface area contributed by atoms with Crippen molar-refractivity contribution in [1.29, 1.82) is 0 Å². The summed E-state index contributed by atoms with van der Waals surface area (Å²) in [4.78, 5) is 13.6. The van der Waals surface area contributed by atoms with E-state index in [1.165, 1.54) is 12.1 Å². The summed E-state index contributed by atoms with van der Waals surface area (Å²) in [5.74, 6) is 0.792. The number of halogens is 1. The molecule has 0 bridgehead atoms. The van der Waals surface area contributed by atoms with E-state index in [4.69, 9.17) is 4.74 Å². The monoisotopic (exact) mass is 293 g/mol. The highest BCUT2D eigenvalue weighted by Crippen LogP contribution is 2.44. The maximum Gasteiger partial charge on any atom is 0.222 e. The first-order valence-electron chi connectivity index (χ1n) is 7.45. The molecule has 4 nitrogen and oxygen atoms in total. The highest BCUT2D eigenvalue weighted by molar-refractivity contribution is 5.77. The molecule has 0 unspecified atom stereocenters. The number of benzene rings is 1. The summed E-state index contributed by atoms with van der Waals surface area (Å²) < 4.78 is 18.2. The molecule has 1 aromatic carbocycles. The summed E-state index contributed by atoms with van der Waals surface area (Å²) in [6.07, 6.45) is 3.21. The summed E-state index contributed by atoms with van der Waals surface area (Å²) in [6, 6.07) is 5.84. The average Bonchev–Trinajstić information content (AvgIpc) is 3.26. The molecule has 1 N–H and O–H groups in total. The summed E-state index contributed by atoms with van der Waals surface area (Å²) >= 11 is 0. The predicted octanol–water partition coefficient (Wildman–Crippen LogP) is 1.97. The number of hydrogen-bond acceptors (Lipinski definition) is 3. The van der Waals surface area contributed by atoms with Crippen molar-refractivity contribution >= 4 is 5.91 Å². The van der Waals surface area contributed by atoms with Gasteiger partial charge in [0.2, 0.25) is 5.91 Å². The van der Waals surface area contributed by atoms with Crippen molar-refractivity contribution in [3.63, 3.8) is 0 Å². The molecule has 2 aliphatic rings. The number of carbonyl (C=O) groups is 1. The van der Waals surface area contributed by atoms with Crippen LogP contribution in [0.25, 0.3) is 0 Å². The molecule has 0 radical (unpaired) electrons. The third-order valence-corrected chi connectivity index (χ3v) is 4.24. The average molecular weight is 293 g/mol. The second-order valence-corrected chi connectivity index (χ2v) is 6.03. The van der Waals surface area contributed by atoms with Crippen LogP contribution >= 0.6 is 0 Å². The zero-order valence-corrected chi connectivity index (χ0v) is 11.9. The van der Waals surface area contributed by atoms with Crippen LogP contribution in [0.2, 0.25) is 0 Å². The van der Waals surface area contributed by atoms with Gasteiger partial charge in [0, 0.05) is 6.42 Å². The van der Waals surface area contributed by atoms with Crippen molar-refractivity contribution in [3.05, 3.63) is 30.1 Å². The van der Waals surface area contributed by atoms with Crippen molar-refractivity contribution < 1.29 is 19.0 Å². The third kappa shape index (κ3) is 3.35. The lowest BCUT2D eigenvalue weighted by Gasteiger charge is -2.47. The van der Waals surface area contributed by atoms with E-state index < -0.39 is 5.60 Å². The lowest BCUT2D eigenvalue weighted by molar-refractivity contribution is -0.159. The Bertz CT molecular complexity index is 507. The molecular formula is C16H20FNO3. The Morgan fingerprint density at radius 2 is 2.00 bits per heavy atom. The van der Waals surface area contributed by atoms with Crippen LogP contribution < -0.4 is 4.74 Å². The zero-order valence-electron chi connectivity index (χ0n) is 11.9. The highest BCUT2D eigenvalue weighted by atomic mass is 19.1. The van der Waals surface area contributed by atoms with E-state index in [0.717, 1.165) is 12.8 Å². The first-order chi connectivity index (χ1) is 10.1. The first-order valence-corrected chi connectivity index (χ1v) is 7.45. The zero-order chi connectivity index (χ0) is 14.9. The Kier molecular flexibility index (Phi) is 3.85. The lowest BCUT2D eigenvalue weighted by Crippen LogP contribution is -2.64.